The Morgan fingerprint density at radius 3 is 1.66 bits per heavy atom. The van der Waals surface area contributed by atoms with E-state index < -0.39 is 0 Å². The van der Waals surface area contributed by atoms with Crippen molar-refractivity contribution >= 4 is 17.1 Å². The third kappa shape index (κ3) is 4.83. The summed E-state index contributed by atoms with van der Waals surface area (Å²) in [5, 5.41) is 0. The highest BCUT2D eigenvalue weighted by Gasteiger charge is 2.40. The van der Waals surface area contributed by atoms with Gasteiger partial charge in [-0.05, 0) is 123 Å². The minimum absolute atomic E-state index is 0.0127. The highest BCUT2D eigenvalue weighted by atomic mass is 15.1. The molecule has 0 aromatic heterocycles. The van der Waals surface area contributed by atoms with Crippen LogP contribution in [0.3, 0.4) is 0 Å². The highest BCUT2D eigenvalue weighted by Crippen LogP contribution is 2.53. The molecule has 0 heterocycles. The normalized spacial score (nSPS) is 20.2. The number of anilines is 3. The molecule has 1 heteroatoms. The van der Waals surface area contributed by atoms with Crippen molar-refractivity contribution in [1.82, 2.24) is 0 Å². The van der Waals surface area contributed by atoms with Crippen molar-refractivity contribution in [3.63, 3.8) is 0 Å². The molecule has 3 unspecified atom stereocenters. The van der Waals surface area contributed by atoms with Gasteiger partial charge < -0.3 is 4.90 Å². The van der Waals surface area contributed by atoms with E-state index in [0.717, 1.165) is 29.1 Å². The van der Waals surface area contributed by atoms with E-state index in [1.54, 1.807) is 5.56 Å². The van der Waals surface area contributed by atoms with Crippen LogP contribution in [-0.2, 0) is 5.41 Å². The Bertz CT molecular complexity index is 2050. The van der Waals surface area contributed by atoms with Gasteiger partial charge in [0, 0.05) is 22.5 Å². The topological polar surface area (TPSA) is 3.24 Å². The molecule has 47 heavy (non-hydrogen) atoms. The molecule has 2 bridgehead atoms. The molecule has 1 nitrogen and oxygen atoms in total. The second-order valence-corrected chi connectivity index (χ2v) is 14.6. The summed E-state index contributed by atoms with van der Waals surface area (Å²) in [6.07, 6.45) is 5.73. The standard InChI is InChI=1S/C46H41N/c1-46(2)44-11-7-6-10-41(44)43-30-40(26-27-45(43)46)47(38-22-18-34(19-23-38)32-8-4-3-5-9-32)39-24-20-35(21-25-39)33-14-16-36(17-15-33)42-29-31-12-13-37(42)28-31/h3-11,14-27,30-31,37,42H,12-13,28-29H2,1-2H3. The third-order valence-corrected chi connectivity index (χ3v) is 11.6. The first kappa shape index (κ1) is 28.4. The number of fused-ring (bicyclic) bond motifs is 5. The SMILES string of the molecule is CC1(C)c2ccccc2-c2cc(N(c3ccc(-c4ccccc4)cc3)c3ccc(-c4ccc(C5CC6CCC5C6)cc4)cc3)ccc21. The molecule has 0 saturated heterocycles. The lowest BCUT2D eigenvalue weighted by Crippen LogP contribution is -2.15. The maximum Gasteiger partial charge on any atom is 0.0468 e. The van der Waals surface area contributed by atoms with Crippen LogP contribution < -0.4 is 4.90 Å². The quantitative estimate of drug-likeness (QED) is 0.182. The van der Waals surface area contributed by atoms with E-state index in [2.05, 4.69) is 164 Å². The molecule has 2 fully saturated rings. The average molecular weight is 608 g/mol. The maximum atomic E-state index is 2.41. The van der Waals surface area contributed by atoms with E-state index in [-0.39, 0.29) is 5.41 Å². The summed E-state index contributed by atoms with van der Waals surface area (Å²) < 4.78 is 0. The average Bonchev–Trinajstić information content (AvgIpc) is 3.83. The summed E-state index contributed by atoms with van der Waals surface area (Å²) in [5.41, 5.74) is 15.5. The summed E-state index contributed by atoms with van der Waals surface area (Å²) in [5.74, 6) is 2.66. The highest BCUT2D eigenvalue weighted by molar-refractivity contribution is 5.87. The smallest absolute Gasteiger partial charge is 0.0468 e. The molecule has 0 N–H and O–H groups in total. The second kappa shape index (κ2) is 11.1. The van der Waals surface area contributed by atoms with Crippen LogP contribution in [0.2, 0.25) is 0 Å². The molecule has 9 rings (SSSR count). The van der Waals surface area contributed by atoms with Gasteiger partial charge >= 0.3 is 0 Å². The first-order chi connectivity index (χ1) is 23.0. The van der Waals surface area contributed by atoms with E-state index in [1.807, 2.05) is 0 Å². The Balaban J connectivity index is 1.08. The number of nitrogens with zero attached hydrogens (tertiary/aromatic N) is 1. The fourth-order valence-electron chi connectivity index (χ4n) is 9.11. The summed E-state index contributed by atoms with van der Waals surface area (Å²) >= 11 is 0. The molecule has 3 aliphatic carbocycles. The molecule has 0 spiro atoms. The van der Waals surface area contributed by atoms with Crippen LogP contribution >= 0.6 is 0 Å². The van der Waals surface area contributed by atoms with Crippen molar-refractivity contribution in [2.24, 2.45) is 11.8 Å². The zero-order valence-electron chi connectivity index (χ0n) is 27.4. The molecule has 6 aromatic carbocycles. The first-order valence-corrected chi connectivity index (χ1v) is 17.4. The first-order valence-electron chi connectivity index (χ1n) is 17.4. The van der Waals surface area contributed by atoms with Crippen LogP contribution in [0, 0.1) is 11.8 Å². The van der Waals surface area contributed by atoms with Crippen molar-refractivity contribution in [1.29, 1.82) is 0 Å². The minimum Gasteiger partial charge on any atom is -0.310 e. The Hall–Kier alpha value is -4.88. The van der Waals surface area contributed by atoms with Gasteiger partial charge in [0.15, 0.2) is 0 Å². The lowest BCUT2D eigenvalue weighted by Gasteiger charge is -2.27. The molecule has 0 amide bonds. The lowest BCUT2D eigenvalue weighted by molar-refractivity contribution is 0.420. The third-order valence-electron chi connectivity index (χ3n) is 11.6. The molecule has 2 saturated carbocycles. The Kier molecular flexibility index (Phi) is 6.71. The van der Waals surface area contributed by atoms with Gasteiger partial charge in [0.2, 0.25) is 0 Å². The van der Waals surface area contributed by atoms with Crippen molar-refractivity contribution in [3.8, 4) is 33.4 Å². The number of benzene rings is 6. The largest absolute Gasteiger partial charge is 0.310 e. The fourth-order valence-corrected chi connectivity index (χ4v) is 9.11. The zero-order chi connectivity index (χ0) is 31.5. The monoisotopic (exact) mass is 607 g/mol. The van der Waals surface area contributed by atoms with Gasteiger partial charge in [-0.2, -0.15) is 0 Å². The number of rotatable bonds is 6. The Labute approximate surface area is 279 Å². The minimum atomic E-state index is -0.0127. The van der Waals surface area contributed by atoms with Crippen LogP contribution in [0.15, 0.2) is 146 Å². The molecule has 6 aromatic rings. The van der Waals surface area contributed by atoms with Crippen LogP contribution in [0.1, 0.15) is 62.1 Å². The van der Waals surface area contributed by atoms with E-state index in [9.17, 15) is 0 Å². The van der Waals surface area contributed by atoms with Gasteiger partial charge in [-0.25, -0.2) is 0 Å². The summed E-state index contributed by atoms with van der Waals surface area (Å²) in [6, 6.07) is 54.2. The number of hydrogen-bond donors (Lipinski definition) is 0. The van der Waals surface area contributed by atoms with Crippen molar-refractivity contribution in [2.75, 3.05) is 4.90 Å². The Morgan fingerprint density at radius 2 is 1.04 bits per heavy atom. The Morgan fingerprint density at radius 1 is 0.489 bits per heavy atom. The van der Waals surface area contributed by atoms with E-state index in [4.69, 9.17) is 0 Å². The van der Waals surface area contributed by atoms with E-state index >= 15 is 0 Å². The van der Waals surface area contributed by atoms with E-state index in [0.29, 0.717) is 0 Å². The van der Waals surface area contributed by atoms with Crippen molar-refractivity contribution in [2.45, 2.75) is 50.9 Å². The van der Waals surface area contributed by atoms with Crippen LogP contribution in [0.5, 0.6) is 0 Å². The number of hydrogen-bond acceptors (Lipinski definition) is 1. The van der Waals surface area contributed by atoms with Crippen molar-refractivity contribution < 1.29 is 0 Å². The molecule has 0 radical (unpaired) electrons. The van der Waals surface area contributed by atoms with Gasteiger partial charge in [-0.3, -0.25) is 0 Å². The van der Waals surface area contributed by atoms with Gasteiger partial charge in [-0.1, -0.05) is 129 Å². The van der Waals surface area contributed by atoms with Gasteiger partial charge in [-0.15, -0.1) is 0 Å². The summed E-state index contributed by atoms with van der Waals surface area (Å²) in [4.78, 5) is 2.41. The van der Waals surface area contributed by atoms with Gasteiger partial charge in [0.1, 0.15) is 0 Å². The van der Waals surface area contributed by atoms with Gasteiger partial charge in [0.05, 0.1) is 0 Å². The lowest BCUT2D eigenvalue weighted by atomic mass is 9.82. The van der Waals surface area contributed by atoms with E-state index in [1.165, 1.54) is 75.9 Å². The van der Waals surface area contributed by atoms with Crippen LogP contribution in [-0.4, -0.2) is 0 Å². The van der Waals surface area contributed by atoms with Gasteiger partial charge in [0.25, 0.3) is 0 Å². The molecular formula is C46H41N. The maximum absolute atomic E-state index is 2.41. The predicted octanol–water partition coefficient (Wildman–Crippen LogP) is 12.7. The molecule has 3 atom stereocenters. The van der Waals surface area contributed by atoms with Crippen LogP contribution in [0.25, 0.3) is 33.4 Å². The predicted molar refractivity (Wildman–Crippen MR) is 198 cm³/mol. The second-order valence-electron chi connectivity index (χ2n) is 14.6. The summed E-state index contributed by atoms with van der Waals surface area (Å²) in [6.45, 7) is 4.70. The molecular weight excluding hydrogens is 567 g/mol. The zero-order valence-corrected chi connectivity index (χ0v) is 27.4. The summed E-state index contributed by atoms with van der Waals surface area (Å²) in [7, 11) is 0. The van der Waals surface area contributed by atoms with Crippen molar-refractivity contribution in [3.05, 3.63) is 162 Å². The molecule has 0 aliphatic heterocycles. The molecule has 230 valence electrons. The fraction of sp³-hybridized carbons (Fsp3) is 0.217. The molecule has 3 aliphatic rings. The van der Waals surface area contributed by atoms with Crippen LogP contribution in [0.4, 0.5) is 17.1 Å².